The maximum atomic E-state index is 13.1. The molecule has 280 valence electrons. The highest BCUT2D eigenvalue weighted by Crippen LogP contribution is 2.42. The van der Waals surface area contributed by atoms with E-state index in [2.05, 4.69) is 67.0 Å². The Bertz CT molecular complexity index is 2390. The molecule has 5 aliphatic rings. The SMILES string of the molecule is Cn1c2ccncc2c2ccc(-c3ccc(OC4CC(CN5CC6(CN(CCOc7ccc8c(c7)C(=O)N(C7CCC(=O)NC7=O)C8=O)C6)C5)C4)nc3)cc21. The second-order valence-corrected chi connectivity index (χ2v) is 16.0. The highest BCUT2D eigenvalue weighted by molar-refractivity contribution is 6.23. The molecule has 1 spiro atoms. The summed E-state index contributed by atoms with van der Waals surface area (Å²) in [6.07, 6.45) is 8.21. The Hall–Kier alpha value is -5.66. The molecule has 5 aromatic rings. The van der Waals surface area contributed by atoms with Gasteiger partial charge in [-0.1, -0.05) is 12.1 Å². The topological polar surface area (TPSA) is 139 Å². The third-order valence-electron chi connectivity index (χ3n) is 12.2. The Morgan fingerprint density at radius 2 is 1.64 bits per heavy atom. The summed E-state index contributed by atoms with van der Waals surface area (Å²) in [5.41, 5.74) is 5.39. The lowest BCUT2D eigenvalue weighted by Gasteiger charge is -2.61. The summed E-state index contributed by atoms with van der Waals surface area (Å²) < 4.78 is 14.4. The number of fused-ring (bicyclic) bond motifs is 4. The molecule has 1 saturated carbocycles. The minimum absolute atomic E-state index is 0.0882. The van der Waals surface area contributed by atoms with Crippen molar-refractivity contribution in [2.75, 3.05) is 45.9 Å². The fourth-order valence-electron chi connectivity index (χ4n) is 9.43. The van der Waals surface area contributed by atoms with Gasteiger partial charge in [-0.05, 0) is 67.1 Å². The van der Waals surface area contributed by atoms with Gasteiger partial charge in [-0.2, -0.15) is 0 Å². The molecular weight excluding hydrogens is 699 g/mol. The lowest BCUT2D eigenvalue weighted by Crippen LogP contribution is -2.72. The summed E-state index contributed by atoms with van der Waals surface area (Å²) in [4.78, 5) is 64.8. The number of hydrogen-bond donors (Lipinski definition) is 1. The molecule has 4 aliphatic heterocycles. The summed E-state index contributed by atoms with van der Waals surface area (Å²) in [5, 5.41) is 4.58. The van der Waals surface area contributed by atoms with Crippen LogP contribution in [0.25, 0.3) is 32.9 Å². The quantitative estimate of drug-likeness (QED) is 0.209. The molecule has 0 bridgehead atoms. The van der Waals surface area contributed by atoms with Crippen molar-refractivity contribution in [1.82, 2.24) is 34.6 Å². The number of imide groups is 2. The number of likely N-dealkylation sites (tertiary alicyclic amines) is 2. The van der Waals surface area contributed by atoms with Crippen LogP contribution in [0.5, 0.6) is 11.6 Å². The van der Waals surface area contributed by atoms with Gasteiger partial charge in [0.25, 0.3) is 11.8 Å². The van der Waals surface area contributed by atoms with Gasteiger partial charge in [0.1, 0.15) is 24.5 Å². The Morgan fingerprint density at radius 3 is 2.44 bits per heavy atom. The number of aryl methyl sites for hydroxylation is 1. The van der Waals surface area contributed by atoms with E-state index in [1.165, 1.54) is 16.4 Å². The van der Waals surface area contributed by atoms with Gasteiger partial charge in [-0.3, -0.25) is 39.3 Å². The summed E-state index contributed by atoms with van der Waals surface area (Å²) >= 11 is 0. The van der Waals surface area contributed by atoms with Crippen molar-refractivity contribution in [3.8, 4) is 22.8 Å². The smallest absolute Gasteiger partial charge is 0.262 e. The van der Waals surface area contributed by atoms with Gasteiger partial charge in [-0.15, -0.1) is 0 Å². The first kappa shape index (κ1) is 33.9. The first-order valence-electron chi connectivity index (χ1n) is 19.1. The zero-order chi connectivity index (χ0) is 37.4. The van der Waals surface area contributed by atoms with Gasteiger partial charge in [0.15, 0.2) is 0 Å². The first-order chi connectivity index (χ1) is 26.7. The third-order valence-corrected chi connectivity index (χ3v) is 12.2. The lowest BCUT2D eigenvalue weighted by atomic mass is 9.71. The van der Waals surface area contributed by atoms with Crippen LogP contribution in [-0.2, 0) is 16.6 Å². The van der Waals surface area contributed by atoms with Crippen LogP contribution < -0.4 is 14.8 Å². The molecule has 1 N–H and O–H groups in total. The number of rotatable bonds is 10. The Labute approximate surface area is 317 Å². The van der Waals surface area contributed by atoms with E-state index in [-0.39, 0.29) is 30.1 Å². The van der Waals surface area contributed by atoms with Crippen LogP contribution in [0.2, 0.25) is 0 Å². The fourth-order valence-corrected chi connectivity index (χ4v) is 9.43. The van der Waals surface area contributed by atoms with Crippen LogP contribution >= 0.6 is 0 Å². The number of carbonyl (C=O) groups is 4. The molecule has 4 fully saturated rings. The van der Waals surface area contributed by atoms with E-state index in [1.54, 1.807) is 18.2 Å². The number of nitrogens with one attached hydrogen (secondary N) is 1. The monoisotopic (exact) mass is 739 g/mol. The van der Waals surface area contributed by atoms with Gasteiger partial charge >= 0.3 is 0 Å². The highest BCUT2D eigenvalue weighted by Gasteiger charge is 2.52. The van der Waals surface area contributed by atoms with Crippen molar-refractivity contribution in [2.24, 2.45) is 18.4 Å². The van der Waals surface area contributed by atoms with Crippen molar-refractivity contribution in [2.45, 2.75) is 37.8 Å². The van der Waals surface area contributed by atoms with Crippen LogP contribution in [-0.4, -0.2) is 111 Å². The average Bonchev–Trinajstić information content (AvgIpc) is 3.56. The van der Waals surface area contributed by atoms with E-state index in [9.17, 15) is 19.2 Å². The summed E-state index contributed by atoms with van der Waals surface area (Å²) in [7, 11) is 2.09. The molecule has 7 heterocycles. The number of benzene rings is 2. The number of amides is 4. The third kappa shape index (κ3) is 5.93. The van der Waals surface area contributed by atoms with E-state index in [4.69, 9.17) is 9.47 Å². The maximum Gasteiger partial charge on any atom is 0.262 e. The van der Waals surface area contributed by atoms with Gasteiger partial charge in [-0.25, -0.2) is 4.98 Å². The van der Waals surface area contributed by atoms with E-state index in [0.29, 0.717) is 29.6 Å². The van der Waals surface area contributed by atoms with E-state index >= 15 is 0 Å². The number of carbonyl (C=O) groups excluding carboxylic acids is 4. The largest absolute Gasteiger partial charge is 0.492 e. The van der Waals surface area contributed by atoms with Crippen LogP contribution in [0.4, 0.5) is 0 Å². The van der Waals surface area contributed by atoms with Crippen molar-refractivity contribution >= 4 is 45.4 Å². The predicted octanol–water partition coefficient (Wildman–Crippen LogP) is 4.04. The molecular formula is C42H41N7O6. The number of nitrogens with zero attached hydrogens (tertiary/aromatic N) is 6. The molecule has 10 rings (SSSR count). The van der Waals surface area contributed by atoms with E-state index in [0.717, 1.165) is 73.5 Å². The van der Waals surface area contributed by atoms with Gasteiger partial charge in [0, 0.05) is 105 Å². The molecule has 55 heavy (non-hydrogen) atoms. The summed E-state index contributed by atoms with van der Waals surface area (Å²) in [6.45, 7) is 6.72. The van der Waals surface area contributed by atoms with Crippen LogP contribution in [0.1, 0.15) is 46.4 Å². The van der Waals surface area contributed by atoms with Gasteiger partial charge in [0.2, 0.25) is 17.7 Å². The van der Waals surface area contributed by atoms with Crippen molar-refractivity contribution in [1.29, 1.82) is 0 Å². The van der Waals surface area contributed by atoms with Crippen molar-refractivity contribution < 1.29 is 28.7 Å². The number of piperidine rings is 1. The van der Waals surface area contributed by atoms with Crippen LogP contribution in [0.3, 0.4) is 0 Å². The molecule has 1 atom stereocenters. The maximum absolute atomic E-state index is 13.1. The molecule has 13 heteroatoms. The zero-order valence-electron chi connectivity index (χ0n) is 30.6. The minimum Gasteiger partial charge on any atom is -0.492 e. The van der Waals surface area contributed by atoms with Gasteiger partial charge in [0.05, 0.1) is 16.6 Å². The number of hydrogen-bond acceptors (Lipinski definition) is 10. The Morgan fingerprint density at radius 1 is 0.836 bits per heavy atom. The van der Waals surface area contributed by atoms with E-state index in [1.807, 2.05) is 24.7 Å². The average molecular weight is 740 g/mol. The molecule has 1 aliphatic carbocycles. The molecule has 13 nitrogen and oxygen atoms in total. The number of pyridine rings is 2. The second kappa shape index (κ2) is 13.0. The van der Waals surface area contributed by atoms with Gasteiger partial charge < -0.3 is 18.9 Å². The minimum atomic E-state index is -0.981. The zero-order valence-corrected chi connectivity index (χ0v) is 30.6. The first-order valence-corrected chi connectivity index (χ1v) is 19.1. The van der Waals surface area contributed by atoms with Crippen LogP contribution in [0.15, 0.2) is 73.2 Å². The van der Waals surface area contributed by atoms with E-state index < -0.39 is 29.7 Å². The summed E-state index contributed by atoms with van der Waals surface area (Å²) in [5.74, 6) is -0.215. The standard InChI is InChI=1S/C42H41N7O6/c1-46-34-10-11-43-19-33(34)30-5-2-26(16-36(30)46)27-3-9-38(44-18-27)55-29-14-25(15-29)20-48-23-42(24-48)21-47(22-42)12-13-54-28-4-6-31-32(17-28)41(53)49(40(31)52)35-7-8-37(50)45-39(35)51/h2-6,9-11,16-19,25,29,35H,7-8,12-15,20-24H2,1H3,(H,45,50,51). The Balaban J connectivity index is 0.639. The number of ether oxygens (including phenoxy) is 2. The number of aromatic nitrogens is 3. The van der Waals surface area contributed by atoms with Crippen LogP contribution in [0, 0.1) is 11.3 Å². The molecule has 1 unspecified atom stereocenters. The van der Waals surface area contributed by atoms with Crippen molar-refractivity contribution in [3.05, 3.63) is 84.3 Å². The highest BCUT2D eigenvalue weighted by atomic mass is 16.5. The predicted molar refractivity (Wildman–Crippen MR) is 203 cm³/mol. The molecule has 3 saturated heterocycles. The second-order valence-electron chi connectivity index (χ2n) is 16.0. The molecule has 2 aromatic carbocycles. The molecule has 4 amide bonds. The Kier molecular flexibility index (Phi) is 8.00. The fraction of sp³-hybridized carbons (Fsp3) is 0.381. The summed E-state index contributed by atoms with van der Waals surface area (Å²) in [6, 6.07) is 16.5. The normalized spacial score (nSPS) is 23.4. The lowest BCUT2D eigenvalue weighted by molar-refractivity contribution is -0.136. The van der Waals surface area contributed by atoms with Crippen molar-refractivity contribution in [3.63, 3.8) is 0 Å². The molecule has 0 radical (unpaired) electrons. The molecule has 3 aromatic heterocycles.